The molecule has 21 heavy (non-hydrogen) atoms. The zero-order chi connectivity index (χ0) is 14.9. The highest BCUT2D eigenvalue weighted by molar-refractivity contribution is 5.89. The summed E-state index contributed by atoms with van der Waals surface area (Å²) in [7, 11) is 2.13. The average molecular weight is 295 g/mol. The lowest BCUT2D eigenvalue weighted by atomic mass is 9.98. The van der Waals surface area contributed by atoms with Crippen molar-refractivity contribution in [1.29, 1.82) is 0 Å². The molecule has 1 aliphatic carbocycles. The second-order valence-electron chi connectivity index (χ2n) is 6.95. The standard InChI is InChI=1S/C16H29N3O2/c1-3-6-14-17-16(7-4-5-8-16)15(20)19(14)12-13-11-18(2)9-10-21-13/h13-14,17H,3-12H2,1-2H3. The van der Waals surface area contributed by atoms with Crippen LogP contribution < -0.4 is 5.32 Å². The molecule has 120 valence electrons. The normalized spacial score (nSPS) is 33.2. The van der Waals surface area contributed by atoms with Gasteiger partial charge in [0.2, 0.25) is 5.91 Å². The van der Waals surface area contributed by atoms with Gasteiger partial charge in [-0.2, -0.15) is 0 Å². The Morgan fingerprint density at radius 2 is 2.14 bits per heavy atom. The van der Waals surface area contributed by atoms with Crippen molar-refractivity contribution in [2.45, 2.75) is 63.3 Å². The van der Waals surface area contributed by atoms with Crippen molar-refractivity contribution in [3.05, 3.63) is 0 Å². The summed E-state index contributed by atoms with van der Waals surface area (Å²) in [6, 6.07) is 0. The monoisotopic (exact) mass is 295 g/mol. The topological polar surface area (TPSA) is 44.8 Å². The van der Waals surface area contributed by atoms with E-state index in [-0.39, 0.29) is 17.8 Å². The summed E-state index contributed by atoms with van der Waals surface area (Å²) >= 11 is 0. The summed E-state index contributed by atoms with van der Waals surface area (Å²) in [5, 5.41) is 3.68. The van der Waals surface area contributed by atoms with Gasteiger partial charge in [0.15, 0.2) is 0 Å². The van der Waals surface area contributed by atoms with Gasteiger partial charge in [0.1, 0.15) is 0 Å². The molecule has 0 radical (unpaired) electrons. The van der Waals surface area contributed by atoms with Crippen LogP contribution in [-0.2, 0) is 9.53 Å². The first-order valence-corrected chi connectivity index (χ1v) is 8.53. The number of rotatable bonds is 4. The Kier molecular flexibility index (Phi) is 4.52. The Labute approximate surface area is 128 Å². The van der Waals surface area contributed by atoms with Gasteiger partial charge in [-0.25, -0.2) is 0 Å². The van der Waals surface area contributed by atoms with Crippen molar-refractivity contribution in [2.75, 3.05) is 33.3 Å². The number of hydrogen-bond donors (Lipinski definition) is 1. The number of amides is 1. The van der Waals surface area contributed by atoms with E-state index in [0.29, 0.717) is 5.91 Å². The van der Waals surface area contributed by atoms with Gasteiger partial charge in [-0.1, -0.05) is 26.2 Å². The number of morpholine rings is 1. The molecule has 2 unspecified atom stereocenters. The van der Waals surface area contributed by atoms with Crippen molar-refractivity contribution in [2.24, 2.45) is 0 Å². The maximum absolute atomic E-state index is 13.0. The Morgan fingerprint density at radius 1 is 1.38 bits per heavy atom. The molecule has 0 aromatic carbocycles. The predicted octanol–water partition coefficient (Wildman–Crippen LogP) is 1.19. The maximum atomic E-state index is 13.0. The van der Waals surface area contributed by atoms with Crippen LogP contribution in [0, 0.1) is 0 Å². The van der Waals surface area contributed by atoms with Crippen LogP contribution >= 0.6 is 0 Å². The Morgan fingerprint density at radius 3 is 2.81 bits per heavy atom. The van der Waals surface area contributed by atoms with Crippen LogP contribution in [0.25, 0.3) is 0 Å². The molecule has 3 fully saturated rings. The van der Waals surface area contributed by atoms with E-state index < -0.39 is 0 Å². The van der Waals surface area contributed by atoms with Gasteiger partial charge in [0.25, 0.3) is 0 Å². The molecule has 5 heteroatoms. The molecule has 0 bridgehead atoms. The highest BCUT2D eigenvalue weighted by atomic mass is 16.5. The molecule has 2 heterocycles. The van der Waals surface area contributed by atoms with E-state index in [1.165, 1.54) is 12.8 Å². The van der Waals surface area contributed by atoms with Crippen LogP contribution in [0.15, 0.2) is 0 Å². The van der Waals surface area contributed by atoms with Crippen molar-refractivity contribution < 1.29 is 9.53 Å². The minimum absolute atomic E-state index is 0.158. The van der Waals surface area contributed by atoms with Gasteiger partial charge in [0, 0.05) is 19.6 Å². The van der Waals surface area contributed by atoms with Gasteiger partial charge < -0.3 is 14.5 Å². The molecule has 2 aliphatic heterocycles. The fourth-order valence-electron chi connectivity index (χ4n) is 4.12. The molecule has 5 nitrogen and oxygen atoms in total. The third kappa shape index (κ3) is 2.96. The van der Waals surface area contributed by atoms with Gasteiger partial charge in [-0.05, 0) is 26.3 Å². The molecule has 1 N–H and O–H groups in total. The van der Waals surface area contributed by atoms with Crippen LogP contribution in [0.3, 0.4) is 0 Å². The second-order valence-corrected chi connectivity index (χ2v) is 6.95. The number of carbonyl (C=O) groups is 1. The quantitative estimate of drug-likeness (QED) is 0.846. The van der Waals surface area contributed by atoms with Crippen LogP contribution in [-0.4, -0.2) is 66.8 Å². The minimum Gasteiger partial charge on any atom is -0.374 e. The number of nitrogens with one attached hydrogen (secondary N) is 1. The van der Waals surface area contributed by atoms with Crippen LogP contribution in [0.5, 0.6) is 0 Å². The number of nitrogens with zero attached hydrogens (tertiary/aromatic N) is 2. The highest BCUT2D eigenvalue weighted by Gasteiger charge is 2.52. The zero-order valence-corrected chi connectivity index (χ0v) is 13.4. The molecule has 1 spiro atoms. The Bertz CT molecular complexity index is 382. The molecule has 0 aromatic rings. The van der Waals surface area contributed by atoms with E-state index in [2.05, 4.69) is 29.1 Å². The van der Waals surface area contributed by atoms with E-state index in [0.717, 1.165) is 51.9 Å². The van der Waals surface area contributed by atoms with Crippen LogP contribution in [0.2, 0.25) is 0 Å². The molecule has 1 saturated carbocycles. The minimum atomic E-state index is -0.250. The first-order chi connectivity index (χ1) is 10.1. The molecule has 2 saturated heterocycles. The summed E-state index contributed by atoms with van der Waals surface area (Å²) in [6.07, 6.45) is 6.87. The van der Waals surface area contributed by atoms with Crippen molar-refractivity contribution >= 4 is 5.91 Å². The molecule has 0 aromatic heterocycles. The van der Waals surface area contributed by atoms with Gasteiger partial charge in [-0.3, -0.25) is 10.1 Å². The first kappa shape index (κ1) is 15.3. The first-order valence-electron chi connectivity index (χ1n) is 8.53. The Hall–Kier alpha value is -0.650. The van der Waals surface area contributed by atoms with E-state index in [1.54, 1.807) is 0 Å². The smallest absolute Gasteiger partial charge is 0.244 e. The van der Waals surface area contributed by atoms with Gasteiger partial charge >= 0.3 is 0 Å². The van der Waals surface area contributed by atoms with E-state index in [4.69, 9.17) is 4.74 Å². The third-order valence-corrected chi connectivity index (χ3v) is 5.25. The van der Waals surface area contributed by atoms with Crippen LogP contribution in [0.4, 0.5) is 0 Å². The van der Waals surface area contributed by atoms with Gasteiger partial charge in [-0.15, -0.1) is 0 Å². The second kappa shape index (κ2) is 6.23. The summed E-state index contributed by atoms with van der Waals surface area (Å²) < 4.78 is 5.87. The summed E-state index contributed by atoms with van der Waals surface area (Å²) in [6.45, 7) is 5.62. The lowest BCUT2D eigenvalue weighted by molar-refractivity contribution is -0.136. The third-order valence-electron chi connectivity index (χ3n) is 5.25. The lowest BCUT2D eigenvalue weighted by Crippen LogP contribution is -2.49. The lowest BCUT2D eigenvalue weighted by Gasteiger charge is -2.34. The number of carbonyl (C=O) groups excluding carboxylic acids is 1. The molecule has 2 atom stereocenters. The number of likely N-dealkylation sites (N-methyl/N-ethyl adjacent to an activating group) is 1. The van der Waals surface area contributed by atoms with Crippen molar-refractivity contribution in [3.63, 3.8) is 0 Å². The summed E-state index contributed by atoms with van der Waals surface area (Å²) in [5.41, 5.74) is -0.250. The largest absolute Gasteiger partial charge is 0.374 e. The average Bonchev–Trinajstić information content (AvgIpc) is 3.02. The van der Waals surface area contributed by atoms with E-state index >= 15 is 0 Å². The Balaban J connectivity index is 1.70. The molecule has 1 amide bonds. The molecular formula is C16H29N3O2. The highest BCUT2D eigenvalue weighted by Crippen LogP contribution is 2.37. The fraction of sp³-hybridized carbons (Fsp3) is 0.938. The maximum Gasteiger partial charge on any atom is 0.244 e. The molecular weight excluding hydrogens is 266 g/mol. The van der Waals surface area contributed by atoms with E-state index in [1.807, 2.05) is 0 Å². The predicted molar refractivity (Wildman–Crippen MR) is 82.0 cm³/mol. The number of ether oxygens (including phenoxy) is 1. The molecule has 3 aliphatic rings. The van der Waals surface area contributed by atoms with E-state index in [9.17, 15) is 4.79 Å². The summed E-state index contributed by atoms with van der Waals surface area (Å²) in [4.78, 5) is 17.3. The SMILES string of the molecule is CCCC1NC2(CCCC2)C(=O)N1CC1CN(C)CCO1. The van der Waals surface area contributed by atoms with Gasteiger partial charge in [0.05, 0.1) is 24.4 Å². The summed E-state index contributed by atoms with van der Waals surface area (Å²) in [5.74, 6) is 0.329. The van der Waals surface area contributed by atoms with Crippen LogP contribution in [0.1, 0.15) is 45.4 Å². The molecule has 3 rings (SSSR count). The van der Waals surface area contributed by atoms with Crippen molar-refractivity contribution in [3.8, 4) is 0 Å². The fourth-order valence-corrected chi connectivity index (χ4v) is 4.12. The number of hydrogen-bond acceptors (Lipinski definition) is 4. The van der Waals surface area contributed by atoms with Crippen molar-refractivity contribution in [1.82, 2.24) is 15.1 Å². The zero-order valence-electron chi connectivity index (χ0n) is 13.4.